The molecule has 88 valence electrons. The molecule has 0 spiro atoms. The molecule has 1 N–H and O–H groups in total. The minimum absolute atomic E-state index is 0.625. The van der Waals surface area contributed by atoms with Gasteiger partial charge in [-0.2, -0.15) is 5.10 Å². The number of nitrogens with zero attached hydrogens (tertiary/aromatic N) is 3. The molecule has 1 aromatic heterocycles. The maximum Gasteiger partial charge on any atom is 0.0557 e. The maximum atomic E-state index is 4.60. The van der Waals surface area contributed by atoms with Crippen molar-refractivity contribution in [1.82, 2.24) is 20.0 Å². The number of piperidine rings is 1. The van der Waals surface area contributed by atoms with E-state index in [1.54, 1.807) is 0 Å². The molecule has 0 aromatic carbocycles. The largest absolute Gasteiger partial charge is 0.311 e. The van der Waals surface area contributed by atoms with Crippen LogP contribution in [-0.4, -0.2) is 41.4 Å². The standard InChI is InChI=1S/C12H20N4/c1-15-6-3-11(4-7-15)16-12-9-13-5-2-10(12)8-14-16/h8,11,13H,2-7,9H2,1H3. The third-order valence-electron chi connectivity index (χ3n) is 3.88. The zero-order valence-corrected chi connectivity index (χ0v) is 9.95. The average Bonchev–Trinajstić information content (AvgIpc) is 2.74. The Balaban J connectivity index is 1.81. The van der Waals surface area contributed by atoms with Gasteiger partial charge in [0.2, 0.25) is 0 Å². The molecule has 0 aliphatic carbocycles. The van der Waals surface area contributed by atoms with Crippen molar-refractivity contribution in [3.05, 3.63) is 17.5 Å². The summed E-state index contributed by atoms with van der Waals surface area (Å²) >= 11 is 0. The third kappa shape index (κ3) is 1.76. The molecule has 2 aliphatic rings. The first-order chi connectivity index (χ1) is 7.84. The number of aromatic nitrogens is 2. The van der Waals surface area contributed by atoms with Crippen molar-refractivity contribution < 1.29 is 0 Å². The van der Waals surface area contributed by atoms with Crippen molar-refractivity contribution >= 4 is 0 Å². The fraction of sp³-hybridized carbons (Fsp3) is 0.750. The van der Waals surface area contributed by atoms with E-state index in [9.17, 15) is 0 Å². The van der Waals surface area contributed by atoms with Crippen LogP contribution in [0, 0.1) is 0 Å². The molecule has 0 bridgehead atoms. The fourth-order valence-corrected chi connectivity index (χ4v) is 2.81. The van der Waals surface area contributed by atoms with Crippen LogP contribution in [-0.2, 0) is 13.0 Å². The van der Waals surface area contributed by atoms with E-state index in [0.717, 1.165) is 19.5 Å². The Morgan fingerprint density at radius 3 is 3.00 bits per heavy atom. The van der Waals surface area contributed by atoms with Gasteiger partial charge in [-0.25, -0.2) is 0 Å². The lowest BCUT2D eigenvalue weighted by Crippen LogP contribution is -2.33. The molecule has 1 fully saturated rings. The van der Waals surface area contributed by atoms with Gasteiger partial charge in [-0.05, 0) is 51.5 Å². The normalized spacial score (nSPS) is 23.3. The Morgan fingerprint density at radius 1 is 1.38 bits per heavy atom. The van der Waals surface area contributed by atoms with E-state index in [2.05, 4.69) is 33.2 Å². The zero-order valence-electron chi connectivity index (χ0n) is 9.95. The zero-order chi connectivity index (χ0) is 11.0. The molecule has 0 saturated carbocycles. The van der Waals surface area contributed by atoms with Crippen molar-refractivity contribution in [1.29, 1.82) is 0 Å². The van der Waals surface area contributed by atoms with Crippen molar-refractivity contribution in [2.45, 2.75) is 31.8 Å². The summed E-state index contributed by atoms with van der Waals surface area (Å²) in [6, 6.07) is 0.625. The van der Waals surface area contributed by atoms with E-state index in [4.69, 9.17) is 0 Å². The first kappa shape index (κ1) is 10.3. The number of rotatable bonds is 1. The molecule has 4 nitrogen and oxygen atoms in total. The van der Waals surface area contributed by atoms with Crippen LogP contribution >= 0.6 is 0 Å². The quantitative estimate of drug-likeness (QED) is 0.760. The number of fused-ring (bicyclic) bond motifs is 1. The van der Waals surface area contributed by atoms with E-state index >= 15 is 0 Å². The SMILES string of the molecule is CN1CCC(n2ncc3c2CNCC3)CC1. The van der Waals surface area contributed by atoms with Crippen LogP contribution in [0.15, 0.2) is 6.20 Å². The molecule has 3 rings (SSSR count). The molecule has 4 heteroatoms. The summed E-state index contributed by atoms with van der Waals surface area (Å²) in [5.74, 6) is 0. The highest BCUT2D eigenvalue weighted by atomic mass is 15.3. The van der Waals surface area contributed by atoms with Crippen molar-refractivity contribution in [3.8, 4) is 0 Å². The van der Waals surface area contributed by atoms with E-state index in [1.165, 1.54) is 37.2 Å². The van der Waals surface area contributed by atoms with E-state index in [-0.39, 0.29) is 0 Å². The third-order valence-corrected chi connectivity index (χ3v) is 3.88. The first-order valence-electron chi connectivity index (χ1n) is 6.29. The Kier molecular flexibility index (Phi) is 2.69. The van der Waals surface area contributed by atoms with Crippen LogP contribution in [0.25, 0.3) is 0 Å². The molecule has 2 aliphatic heterocycles. The van der Waals surface area contributed by atoms with Gasteiger partial charge in [-0.15, -0.1) is 0 Å². The summed E-state index contributed by atoms with van der Waals surface area (Å²) in [4.78, 5) is 2.41. The Labute approximate surface area is 96.6 Å². The number of nitrogens with one attached hydrogen (secondary N) is 1. The predicted octanol–water partition coefficient (Wildman–Crippen LogP) is 0.795. The lowest BCUT2D eigenvalue weighted by molar-refractivity contribution is 0.209. The predicted molar refractivity (Wildman–Crippen MR) is 63.4 cm³/mol. The smallest absolute Gasteiger partial charge is 0.0557 e. The second-order valence-electron chi connectivity index (χ2n) is 5.02. The Hall–Kier alpha value is -0.870. The maximum absolute atomic E-state index is 4.60. The Morgan fingerprint density at radius 2 is 2.19 bits per heavy atom. The highest BCUT2D eigenvalue weighted by Crippen LogP contribution is 2.25. The van der Waals surface area contributed by atoms with E-state index in [0.29, 0.717) is 6.04 Å². The second-order valence-corrected chi connectivity index (χ2v) is 5.02. The molecule has 1 aromatic rings. The molecule has 1 saturated heterocycles. The molecule has 0 atom stereocenters. The van der Waals surface area contributed by atoms with Gasteiger partial charge < -0.3 is 10.2 Å². The van der Waals surface area contributed by atoms with Gasteiger partial charge >= 0.3 is 0 Å². The van der Waals surface area contributed by atoms with Crippen molar-refractivity contribution in [3.63, 3.8) is 0 Å². The highest BCUT2D eigenvalue weighted by molar-refractivity contribution is 5.21. The van der Waals surface area contributed by atoms with Crippen LogP contribution in [0.4, 0.5) is 0 Å². The van der Waals surface area contributed by atoms with Gasteiger partial charge in [0.25, 0.3) is 0 Å². The summed E-state index contributed by atoms with van der Waals surface area (Å²) in [5, 5.41) is 8.05. The number of likely N-dealkylation sites (tertiary alicyclic amines) is 1. The summed E-state index contributed by atoms with van der Waals surface area (Å²) in [5.41, 5.74) is 2.89. The summed E-state index contributed by atoms with van der Waals surface area (Å²) in [6.45, 7) is 4.51. The summed E-state index contributed by atoms with van der Waals surface area (Å²) in [6.07, 6.45) is 5.70. The second kappa shape index (κ2) is 4.18. The van der Waals surface area contributed by atoms with Gasteiger partial charge in [0.1, 0.15) is 0 Å². The monoisotopic (exact) mass is 220 g/mol. The molecule has 0 radical (unpaired) electrons. The van der Waals surface area contributed by atoms with Crippen LogP contribution in [0.3, 0.4) is 0 Å². The van der Waals surface area contributed by atoms with Gasteiger partial charge in [0.15, 0.2) is 0 Å². The highest BCUT2D eigenvalue weighted by Gasteiger charge is 2.23. The van der Waals surface area contributed by atoms with Crippen LogP contribution < -0.4 is 5.32 Å². The fourth-order valence-electron chi connectivity index (χ4n) is 2.81. The van der Waals surface area contributed by atoms with Crippen molar-refractivity contribution in [2.24, 2.45) is 0 Å². The van der Waals surface area contributed by atoms with E-state index < -0.39 is 0 Å². The lowest BCUT2D eigenvalue weighted by Gasteiger charge is -2.30. The molecule has 16 heavy (non-hydrogen) atoms. The minimum Gasteiger partial charge on any atom is -0.311 e. The molecular formula is C12H20N4. The lowest BCUT2D eigenvalue weighted by atomic mass is 10.0. The topological polar surface area (TPSA) is 33.1 Å². The average molecular weight is 220 g/mol. The summed E-state index contributed by atoms with van der Waals surface area (Å²) < 4.78 is 2.29. The number of hydrogen-bond donors (Lipinski definition) is 1. The van der Waals surface area contributed by atoms with Crippen molar-refractivity contribution in [2.75, 3.05) is 26.7 Å². The van der Waals surface area contributed by atoms with Crippen LogP contribution in [0.2, 0.25) is 0 Å². The summed E-state index contributed by atoms with van der Waals surface area (Å²) in [7, 11) is 2.20. The van der Waals surface area contributed by atoms with Gasteiger partial charge in [0, 0.05) is 6.54 Å². The molecule has 0 unspecified atom stereocenters. The number of hydrogen-bond acceptors (Lipinski definition) is 3. The van der Waals surface area contributed by atoms with Crippen LogP contribution in [0.1, 0.15) is 30.1 Å². The first-order valence-corrected chi connectivity index (χ1v) is 6.29. The Bertz CT molecular complexity index is 363. The molecule has 3 heterocycles. The van der Waals surface area contributed by atoms with Gasteiger partial charge in [-0.1, -0.05) is 0 Å². The van der Waals surface area contributed by atoms with Gasteiger partial charge in [-0.3, -0.25) is 4.68 Å². The minimum atomic E-state index is 0.625. The van der Waals surface area contributed by atoms with Gasteiger partial charge in [0.05, 0.1) is 17.9 Å². The van der Waals surface area contributed by atoms with E-state index in [1.807, 2.05) is 0 Å². The van der Waals surface area contributed by atoms with Crippen LogP contribution in [0.5, 0.6) is 0 Å². The molecular weight excluding hydrogens is 200 g/mol. The molecule has 0 amide bonds.